The molecular weight excluding hydrogens is 354 g/mol. The number of fused-ring (bicyclic) bond motifs is 2. The van der Waals surface area contributed by atoms with E-state index in [1.165, 1.54) is 22.3 Å². The van der Waals surface area contributed by atoms with Crippen LogP contribution in [0.25, 0.3) is 0 Å². The first-order valence-corrected chi connectivity index (χ1v) is 10.1. The Morgan fingerprint density at radius 2 is 1.41 bits per heavy atom. The SMILES string of the molecule is CC(C)=C/C=C/Cc1ccc(N2c3ccc(C)cc3Oc3cc(C)ccc32)cc1. The third-order valence-electron chi connectivity index (χ3n) is 5.05. The highest BCUT2D eigenvalue weighted by Crippen LogP contribution is 2.50. The standard InChI is InChI=1S/C27H27NO/c1-19(2)7-5-6-8-22-11-13-23(14-12-22)28-24-15-9-20(3)17-26(24)29-27-18-21(4)10-16-25(27)28/h5-7,9-18H,8H2,1-4H3/b6-5+. The maximum Gasteiger partial charge on any atom is 0.151 e. The quantitative estimate of drug-likeness (QED) is 0.333. The van der Waals surface area contributed by atoms with Gasteiger partial charge in [-0.2, -0.15) is 0 Å². The van der Waals surface area contributed by atoms with Crippen LogP contribution in [-0.4, -0.2) is 0 Å². The van der Waals surface area contributed by atoms with Crippen LogP contribution in [0.15, 0.2) is 84.5 Å². The van der Waals surface area contributed by atoms with E-state index in [9.17, 15) is 0 Å². The van der Waals surface area contributed by atoms with Gasteiger partial charge < -0.3 is 9.64 Å². The van der Waals surface area contributed by atoms with Crippen LogP contribution in [0.5, 0.6) is 11.5 Å². The maximum absolute atomic E-state index is 6.24. The molecule has 0 unspecified atom stereocenters. The highest BCUT2D eigenvalue weighted by atomic mass is 16.5. The Bertz CT molecular complexity index is 1030. The van der Waals surface area contributed by atoms with Crippen LogP contribution in [0.3, 0.4) is 0 Å². The van der Waals surface area contributed by atoms with E-state index in [0.29, 0.717) is 0 Å². The topological polar surface area (TPSA) is 12.5 Å². The molecule has 0 fully saturated rings. The van der Waals surface area contributed by atoms with Crippen molar-refractivity contribution < 1.29 is 4.74 Å². The number of hydrogen-bond donors (Lipinski definition) is 0. The number of hydrogen-bond acceptors (Lipinski definition) is 2. The van der Waals surface area contributed by atoms with Gasteiger partial charge in [0.1, 0.15) is 0 Å². The first-order chi connectivity index (χ1) is 14.0. The lowest BCUT2D eigenvalue weighted by molar-refractivity contribution is 0.476. The minimum absolute atomic E-state index is 0.900. The normalized spacial score (nSPS) is 12.3. The zero-order valence-electron chi connectivity index (χ0n) is 17.6. The van der Waals surface area contributed by atoms with Gasteiger partial charge in [0, 0.05) is 5.69 Å². The monoisotopic (exact) mass is 381 g/mol. The van der Waals surface area contributed by atoms with Crippen molar-refractivity contribution in [2.45, 2.75) is 34.1 Å². The summed E-state index contributed by atoms with van der Waals surface area (Å²) < 4.78 is 6.24. The van der Waals surface area contributed by atoms with Crippen molar-refractivity contribution in [2.24, 2.45) is 0 Å². The second kappa shape index (κ2) is 8.00. The molecule has 1 aliphatic heterocycles. The predicted molar refractivity (Wildman–Crippen MR) is 123 cm³/mol. The van der Waals surface area contributed by atoms with Crippen LogP contribution >= 0.6 is 0 Å². The molecule has 0 aliphatic carbocycles. The van der Waals surface area contributed by atoms with Gasteiger partial charge in [0.05, 0.1) is 11.4 Å². The second-order valence-corrected chi connectivity index (χ2v) is 7.92. The average Bonchev–Trinajstić information content (AvgIpc) is 2.69. The molecule has 0 spiro atoms. The molecule has 2 nitrogen and oxygen atoms in total. The lowest BCUT2D eigenvalue weighted by Crippen LogP contribution is -2.16. The molecule has 0 saturated heterocycles. The summed E-state index contributed by atoms with van der Waals surface area (Å²) in [5.74, 6) is 1.80. The third-order valence-corrected chi connectivity index (χ3v) is 5.05. The largest absolute Gasteiger partial charge is 0.453 e. The number of anilines is 3. The summed E-state index contributed by atoms with van der Waals surface area (Å²) in [6, 6.07) is 21.6. The van der Waals surface area contributed by atoms with Gasteiger partial charge in [-0.3, -0.25) is 0 Å². The van der Waals surface area contributed by atoms with Gasteiger partial charge in [-0.25, -0.2) is 0 Å². The van der Waals surface area contributed by atoms with E-state index in [1.807, 2.05) is 0 Å². The number of rotatable bonds is 4. The molecule has 0 radical (unpaired) electrons. The van der Waals surface area contributed by atoms with E-state index >= 15 is 0 Å². The van der Waals surface area contributed by atoms with Crippen molar-refractivity contribution in [1.29, 1.82) is 0 Å². The lowest BCUT2D eigenvalue weighted by Gasteiger charge is -2.33. The molecule has 1 aliphatic rings. The Kier molecular flexibility index (Phi) is 5.26. The smallest absolute Gasteiger partial charge is 0.151 e. The summed E-state index contributed by atoms with van der Waals surface area (Å²) in [6.07, 6.45) is 7.40. The Balaban J connectivity index is 1.69. The third kappa shape index (κ3) is 4.12. The molecule has 0 bridgehead atoms. The van der Waals surface area contributed by atoms with Crippen LogP contribution in [0.4, 0.5) is 17.1 Å². The molecular formula is C27H27NO. The van der Waals surface area contributed by atoms with Crippen LogP contribution in [0.1, 0.15) is 30.5 Å². The number of ether oxygens (including phenoxy) is 1. The number of benzene rings is 3. The molecule has 29 heavy (non-hydrogen) atoms. The summed E-state index contributed by atoms with van der Waals surface area (Å²) in [7, 11) is 0. The number of allylic oxidation sites excluding steroid dienone is 4. The van der Waals surface area contributed by atoms with E-state index in [1.54, 1.807) is 0 Å². The van der Waals surface area contributed by atoms with Gasteiger partial charge in [0.25, 0.3) is 0 Å². The van der Waals surface area contributed by atoms with Crippen LogP contribution < -0.4 is 9.64 Å². The highest BCUT2D eigenvalue weighted by molar-refractivity contribution is 5.86. The Morgan fingerprint density at radius 3 is 1.97 bits per heavy atom. The molecule has 0 saturated carbocycles. The molecule has 3 aromatic carbocycles. The van der Waals surface area contributed by atoms with Gasteiger partial charge in [0.15, 0.2) is 11.5 Å². The van der Waals surface area contributed by atoms with E-state index in [4.69, 9.17) is 4.74 Å². The fourth-order valence-corrected chi connectivity index (χ4v) is 3.55. The van der Waals surface area contributed by atoms with E-state index in [0.717, 1.165) is 35.0 Å². The summed E-state index contributed by atoms with van der Waals surface area (Å²) in [5.41, 5.74) is 8.28. The zero-order chi connectivity index (χ0) is 20.4. The van der Waals surface area contributed by atoms with E-state index in [-0.39, 0.29) is 0 Å². The van der Waals surface area contributed by atoms with Crippen LogP contribution in [0.2, 0.25) is 0 Å². The average molecular weight is 382 g/mol. The molecule has 4 rings (SSSR count). The van der Waals surface area contributed by atoms with E-state index in [2.05, 4.69) is 111 Å². The predicted octanol–water partition coefficient (Wildman–Crippen LogP) is 7.94. The van der Waals surface area contributed by atoms with Gasteiger partial charge in [-0.1, -0.05) is 48.1 Å². The first-order valence-electron chi connectivity index (χ1n) is 10.1. The van der Waals surface area contributed by atoms with Crippen molar-refractivity contribution >= 4 is 17.1 Å². The summed E-state index contributed by atoms with van der Waals surface area (Å²) in [6.45, 7) is 8.41. The number of nitrogens with zero attached hydrogens (tertiary/aromatic N) is 1. The molecule has 0 N–H and O–H groups in total. The number of aryl methyl sites for hydroxylation is 2. The van der Waals surface area contributed by atoms with Gasteiger partial charge in [-0.05, 0) is 87.2 Å². The molecule has 146 valence electrons. The van der Waals surface area contributed by atoms with Crippen LogP contribution in [0, 0.1) is 13.8 Å². The molecule has 2 heteroatoms. The molecule has 3 aromatic rings. The zero-order valence-corrected chi connectivity index (χ0v) is 17.6. The summed E-state index contributed by atoms with van der Waals surface area (Å²) in [4.78, 5) is 2.29. The molecule has 0 atom stereocenters. The van der Waals surface area contributed by atoms with Gasteiger partial charge >= 0.3 is 0 Å². The fraction of sp³-hybridized carbons (Fsp3) is 0.185. The summed E-state index contributed by atoms with van der Waals surface area (Å²) in [5, 5.41) is 0. The van der Waals surface area contributed by atoms with Gasteiger partial charge in [0.2, 0.25) is 0 Å². The maximum atomic E-state index is 6.24. The molecule has 1 heterocycles. The van der Waals surface area contributed by atoms with Crippen molar-refractivity contribution in [3.63, 3.8) is 0 Å². The minimum Gasteiger partial charge on any atom is -0.453 e. The van der Waals surface area contributed by atoms with Crippen molar-refractivity contribution in [3.05, 3.63) is 101 Å². The van der Waals surface area contributed by atoms with Crippen molar-refractivity contribution in [2.75, 3.05) is 4.90 Å². The minimum atomic E-state index is 0.900. The highest BCUT2D eigenvalue weighted by Gasteiger charge is 2.25. The van der Waals surface area contributed by atoms with Crippen molar-refractivity contribution in [1.82, 2.24) is 0 Å². The first kappa shape index (κ1) is 19.1. The van der Waals surface area contributed by atoms with Gasteiger partial charge in [-0.15, -0.1) is 0 Å². The molecule has 0 amide bonds. The lowest BCUT2D eigenvalue weighted by atomic mass is 10.1. The Labute approximate surface area is 173 Å². The Morgan fingerprint density at radius 1 is 0.828 bits per heavy atom. The van der Waals surface area contributed by atoms with Crippen LogP contribution in [-0.2, 0) is 6.42 Å². The second-order valence-electron chi connectivity index (χ2n) is 7.92. The molecule has 0 aromatic heterocycles. The van der Waals surface area contributed by atoms with Crippen molar-refractivity contribution in [3.8, 4) is 11.5 Å². The van der Waals surface area contributed by atoms with E-state index < -0.39 is 0 Å². The Hall–Kier alpha value is -3.26. The fourth-order valence-electron chi connectivity index (χ4n) is 3.55. The summed E-state index contributed by atoms with van der Waals surface area (Å²) >= 11 is 0.